The summed E-state index contributed by atoms with van der Waals surface area (Å²) in [5, 5.41) is 6.15. The van der Waals surface area contributed by atoms with Crippen LogP contribution in [0.15, 0.2) is 24.3 Å². The summed E-state index contributed by atoms with van der Waals surface area (Å²) < 4.78 is 13.4. The highest BCUT2D eigenvalue weighted by atomic mass is 19.1. The molecule has 23 heavy (non-hydrogen) atoms. The van der Waals surface area contributed by atoms with Gasteiger partial charge < -0.3 is 10.6 Å². The van der Waals surface area contributed by atoms with E-state index in [0.29, 0.717) is 35.1 Å². The molecule has 3 rings (SSSR count). The number of pyridine rings is 1. The van der Waals surface area contributed by atoms with Gasteiger partial charge in [0.2, 0.25) is 5.91 Å². The average Bonchev–Trinajstić information content (AvgIpc) is 2.71. The first-order chi connectivity index (χ1) is 11.0. The van der Waals surface area contributed by atoms with Crippen molar-refractivity contribution in [3.8, 4) is 0 Å². The van der Waals surface area contributed by atoms with E-state index in [4.69, 9.17) is 0 Å². The minimum absolute atomic E-state index is 0.156. The molecule has 0 unspecified atom stereocenters. The van der Waals surface area contributed by atoms with Gasteiger partial charge in [-0.1, -0.05) is 0 Å². The Morgan fingerprint density at radius 2 is 2.17 bits per heavy atom. The second-order valence-corrected chi connectivity index (χ2v) is 5.79. The lowest BCUT2D eigenvalue weighted by Crippen LogP contribution is -2.45. The van der Waals surface area contributed by atoms with Gasteiger partial charge in [0, 0.05) is 23.7 Å². The number of carbonyl (C=O) groups excluding carboxylic acids is 2. The number of nitrogens with one attached hydrogen (secondary N) is 2. The summed E-state index contributed by atoms with van der Waals surface area (Å²) in [6.45, 7) is 2.39. The van der Waals surface area contributed by atoms with Gasteiger partial charge in [0.25, 0.3) is 5.91 Å². The number of amides is 2. The van der Waals surface area contributed by atoms with E-state index in [1.54, 1.807) is 19.1 Å². The number of aryl methyl sites for hydroxylation is 1. The van der Waals surface area contributed by atoms with Gasteiger partial charge in [-0.15, -0.1) is 0 Å². The van der Waals surface area contributed by atoms with Crippen molar-refractivity contribution in [2.24, 2.45) is 0 Å². The highest BCUT2D eigenvalue weighted by Crippen LogP contribution is 2.20. The van der Waals surface area contributed by atoms with Crippen LogP contribution in [0.1, 0.15) is 35.3 Å². The first kappa shape index (κ1) is 15.4. The Bertz CT molecular complexity index is 771. The number of hydrogen-bond acceptors (Lipinski definition) is 3. The van der Waals surface area contributed by atoms with Crippen molar-refractivity contribution in [1.82, 2.24) is 15.6 Å². The smallest absolute Gasteiger partial charge is 0.252 e. The van der Waals surface area contributed by atoms with Gasteiger partial charge in [0.1, 0.15) is 11.9 Å². The molecule has 1 aliphatic rings. The third kappa shape index (κ3) is 3.31. The minimum atomic E-state index is -0.533. The molecule has 2 aromatic rings. The van der Waals surface area contributed by atoms with E-state index in [1.165, 1.54) is 12.1 Å². The van der Waals surface area contributed by atoms with E-state index in [1.807, 2.05) is 0 Å². The zero-order valence-corrected chi connectivity index (χ0v) is 12.9. The molecule has 0 spiro atoms. The lowest BCUT2D eigenvalue weighted by atomic mass is 10.1. The van der Waals surface area contributed by atoms with Crippen LogP contribution >= 0.6 is 0 Å². The third-order valence-electron chi connectivity index (χ3n) is 3.99. The Labute approximate surface area is 133 Å². The zero-order chi connectivity index (χ0) is 16.4. The number of hydrogen-bond donors (Lipinski definition) is 2. The predicted molar refractivity (Wildman–Crippen MR) is 84.6 cm³/mol. The molecule has 0 aliphatic carbocycles. The Hall–Kier alpha value is -2.50. The minimum Gasteiger partial charge on any atom is -0.354 e. The van der Waals surface area contributed by atoms with E-state index < -0.39 is 11.9 Å². The van der Waals surface area contributed by atoms with Gasteiger partial charge in [-0.2, -0.15) is 0 Å². The van der Waals surface area contributed by atoms with Gasteiger partial charge in [0.05, 0.1) is 11.1 Å². The first-order valence-electron chi connectivity index (χ1n) is 7.70. The maximum absolute atomic E-state index is 13.4. The van der Waals surface area contributed by atoms with Crippen molar-refractivity contribution in [1.29, 1.82) is 0 Å². The van der Waals surface area contributed by atoms with Crippen LogP contribution in [0.3, 0.4) is 0 Å². The molecule has 1 aliphatic heterocycles. The quantitative estimate of drug-likeness (QED) is 0.891. The molecule has 1 fully saturated rings. The lowest BCUT2D eigenvalue weighted by Gasteiger charge is -2.16. The van der Waals surface area contributed by atoms with Crippen LogP contribution < -0.4 is 10.6 Å². The summed E-state index contributed by atoms with van der Waals surface area (Å²) in [5.41, 5.74) is 1.46. The zero-order valence-electron chi connectivity index (χ0n) is 12.9. The van der Waals surface area contributed by atoms with Crippen LogP contribution in [0.25, 0.3) is 10.9 Å². The monoisotopic (exact) mass is 315 g/mol. The predicted octanol–water partition coefficient (Wildman–Crippen LogP) is 2.08. The number of fused-ring (bicyclic) bond motifs is 1. The van der Waals surface area contributed by atoms with Crippen molar-refractivity contribution in [3.63, 3.8) is 0 Å². The molecule has 2 amide bonds. The second-order valence-electron chi connectivity index (χ2n) is 5.79. The maximum atomic E-state index is 13.4. The molecule has 1 aromatic carbocycles. The average molecular weight is 315 g/mol. The van der Waals surface area contributed by atoms with E-state index >= 15 is 0 Å². The summed E-state index contributed by atoms with van der Waals surface area (Å²) in [6.07, 6.45) is 2.41. The van der Waals surface area contributed by atoms with Crippen molar-refractivity contribution in [2.45, 2.75) is 32.2 Å². The van der Waals surface area contributed by atoms with E-state index in [-0.39, 0.29) is 11.8 Å². The van der Waals surface area contributed by atoms with Gasteiger partial charge in [-0.25, -0.2) is 4.39 Å². The molecule has 120 valence electrons. The highest BCUT2D eigenvalue weighted by Gasteiger charge is 2.24. The molecule has 1 atom stereocenters. The van der Waals surface area contributed by atoms with Gasteiger partial charge in [0.15, 0.2) is 0 Å². The third-order valence-corrected chi connectivity index (χ3v) is 3.99. The molecule has 1 aromatic heterocycles. The Morgan fingerprint density at radius 3 is 3.00 bits per heavy atom. The number of halogens is 1. The van der Waals surface area contributed by atoms with Crippen LogP contribution in [0, 0.1) is 12.7 Å². The Morgan fingerprint density at radius 1 is 1.35 bits per heavy atom. The summed E-state index contributed by atoms with van der Waals surface area (Å²) in [5.74, 6) is -0.892. The summed E-state index contributed by atoms with van der Waals surface area (Å²) in [6, 6.07) is 5.27. The highest BCUT2D eigenvalue weighted by molar-refractivity contribution is 6.07. The summed E-state index contributed by atoms with van der Waals surface area (Å²) in [7, 11) is 0. The van der Waals surface area contributed by atoms with Crippen LogP contribution in [-0.4, -0.2) is 29.4 Å². The van der Waals surface area contributed by atoms with Gasteiger partial charge in [-0.3, -0.25) is 14.6 Å². The number of aromatic nitrogens is 1. The van der Waals surface area contributed by atoms with Crippen LogP contribution in [-0.2, 0) is 4.79 Å². The van der Waals surface area contributed by atoms with Crippen molar-refractivity contribution >= 4 is 22.7 Å². The first-order valence-corrected chi connectivity index (χ1v) is 7.70. The van der Waals surface area contributed by atoms with E-state index in [9.17, 15) is 14.0 Å². The Kier molecular flexibility index (Phi) is 4.23. The summed E-state index contributed by atoms with van der Waals surface area (Å²) >= 11 is 0. The van der Waals surface area contributed by atoms with Crippen molar-refractivity contribution in [3.05, 3.63) is 41.3 Å². The Balaban J connectivity index is 1.92. The topological polar surface area (TPSA) is 71.1 Å². The fourth-order valence-corrected chi connectivity index (χ4v) is 2.83. The molecule has 0 saturated carbocycles. The van der Waals surface area contributed by atoms with Crippen LogP contribution in [0.4, 0.5) is 4.39 Å². The molecule has 5 nitrogen and oxygen atoms in total. The van der Waals surface area contributed by atoms with Gasteiger partial charge >= 0.3 is 0 Å². The normalized spacial score (nSPS) is 18.3. The second kappa shape index (κ2) is 6.32. The summed E-state index contributed by atoms with van der Waals surface area (Å²) in [4.78, 5) is 28.8. The van der Waals surface area contributed by atoms with Gasteiger partial charge in [-0.05, 0) is 44.4 Å². The van der Waals surface area contributed by atoms with Crippen molar-refractivity contribution in [2.75, 3.05) is 6.54 Å². The molecular weight excluding hydrogens is 297 g/mol. The molecule has 2 heterocycles. The number of benzene rings is 1. The maximum Gasteiger partial charge on any atom is 0.252 e. The van der Waals surface area contributed by atoms with Crippen LogP contribution in [0.5, 0.6) is 0 Å². The number of nitrogens with zero attached hydrogens (tertiary/aromatic N) is 1. The number of rotatable bonds is 2. The van der Waals surface area contributed by atoms with E-state index in [2.05, 4.69) is 15.6 Å². The largest absolute Gasteiger partial charge is 0.354 e. The SMILES string of the molecule is Cc1cc(C(=O)N[C@@H]2CCCCNC2=O)c2ccc(F)cc2n1. The lowest BCUT2D eigenvalue weighted by molar-refractivity contribution is -0.122. The van der Waals surface area contributed by atoms with E-state index in [0.717, 1.165) is 12.8 Å². The molecule has 0 radical (unpaired) electrons. The fraction of sp³-hybridized carbons (Fsp3) is 0.353. The molecule has 1 saturated heterocycles. The van der Waals surface area contributed by atoms with Crippen LogP contribution in [0.2, 0.25) is 0 Å². The molecule has 2 N–H and O–H groups in total. The molecule has 6 heteroatoms. The number of carbonyl (C=O) groups is 2. The molecular formula is C17H18FN3O2. The fourth-order valence-electron chi connectivity index (χ4n) is 2.83. The standard InChI is InChI=1S/C17H18FN3O2/c1-10-8-13(12-6-5-11(18)9-15(12)20-10)16(22)21-14-4-2-3-7-19-17(14)23/h5-6,8-9,14H,2-4,7H2,1H3,(H,19,23)(H,21,22)/t14-/m1/s1. The molecule has 0 bridgehead atoms. The van der Waals surface area contributed by atoms with Crippen molar-refractivity contribution < 1.29 is 14.0 Å².